The number of hydrogen-bond donors (Lipinski definition) is 1. The summed E-state index contributed by atoms with van der Waals surface area (Å²) in [6, 6.07) is 33.2. The van der Waals surface area contributed by atoms with E-state index in [9.17, 15) is 9.59 Å². The van der Waals surface area contributed by atoms with Gasteiger partial charge in [-0.1, -0.05) is 104 Å². The van der Waals surface area contributed by atoms with Crippen molar-refractivity contribution in [3.63, 3.8) is 0 Å². The molecule has 0 spiro atoms. The van der Waals surface area contributed by atoms with E-state index >= 15 is 0 Å². The van der Waals surface area contributed by atoms with Crippen molar-refractivity contribution in [3.05, 3.63) is 120 Å². The molecule has 11 heteroatoms. The number of tetrazole rings is 1. The molecule has 0 radical (unpaired) electrons. The van der Waals surface area contributed by atoms with Gasteiger partial charge in [-0.05, 0) is 51.2 Å². The van der Waals surface area contributed by atoms with E-state index in [1.807, 2.05) is 102 Å². The maximum atomic E-state index is 13.9. The Morgan fingerprint density at radius 2 is 1.55 bits per heavy atom. The van der Waals surface area contributed by atoms with E-state index in [4.69, 9.17) is 9.57 Å². The van der Waals surface area contributed by atoms with Gasteiger partial charge in [0, 0.05) is 25.8 Å². The lowest BCUT2D eigenvalue weighted by molar-refractivity contribution is -0.127. The number of fused-ring (bicyclic) bond motifs is 1. The second-order valence-electron chi connectivity index (χ2n) is 11.2. The van der Waals surface area contributed by atoms with Crippen LogP contribution in [0.2, 0.25) is 0 Å². The molecule has 47 heavy (non-hydrogen) atoms. The molecule has 4 aromatic carbocycles. The number of rotatable bonds is 13. The van der Waals surface area contributed by atoms with Crippen LogP contribution in [0.3, 0.4) is 0 Å². The lowest BCUT2D eigenvalue weighted by Gasteiger charge is -2.44. The fraction of sp³-hybridized carbons (Fsp3) is 0.250. The van der Waals surface area contributed by atoms with Crippen LogP contribution >= 0.6 is 0 Å². The van der Waals surface area contributed by atoms with Crippen molar-refractivity contribution in [1.82, 2.24) is 30.4 Å². The molecule has 240 valence electrons. The molecule has 1 atom stereocenters. The molecule has 11 nitrogen and oxygen atoms in total. The molecule has 0 fully saturated rings. The number of hydroxylamine groups is 1. The zero-order valence-electron chi connectivity index (χ0n) is 26.5. The Hall–Kier alpha value is -5.39. The van der Waals surface area contributed by atoms with Gasteiger partial charge < -0.3 is 15.0 Å². The zero-order chi connectivity index (χ0) is 32.6. The van der Waals surface area contributed by atoms with Crippen molar-refractivity contribution >= 4 is 17.5 Å². The average molecular weight is 632 g/mol. The zero-order valence-corrected chi connectivity index (χ0v) is 26.5. The van der Waals surface area contributed by atoms with Crippen LogP contribution < -0.4 is 10.4 Å². The van der Waals surface area contributed by atoms with E-state index < -0.39 is 6.17 Å². The monoisotopic (exact) mass is 631 g/mol. The van der Waals surface area contributed by atoms with Gasteiger partial charge in [-0.3, -0.25) is 14.4 Å². The van der Waals surface area contributed by atoms with Crippen molar-refractivity contribution < 1.29 is 19.2 Å². The first kappa shape index (κ1) is 31.6. The van der Waals surface area contributed by atoms with Gasteiger partial charge in [0.1, 0.15) is 12.9 Å². The molecule has 1 N–H and O–H groups in total. The van der Waals surface area contributed by atoms with Crippen LogP contribution in [0.5, 0.6) is 0 Å². The molecule has 5 aromatic rings. The third-order valence-corrected chi connectivity index (χ3v) is 8.05. The van der Waals surface area contributed by atoms with Gasteiger partial charge in [-0.2, -0.15) is 4.68 Å². The summed E-state index contributed by atoms with van der Waals surface area (Å²) in [5.74, 6) is 0.296. The quantitative estimate of drug-likeness (QED) is 0.183. The van der Waals surface area contributed by atoms with Crippen molar-refractivity contribution in [1.29, 1.82) is 0 Å². The van der Waals surface area contributed by atoms with Crippen LogP contribution in [0.15, 0.2) is 103 Å². The number of nitrogens with zero attached hydrogens (tertiary/aromatic N) is 6. The summed E-state index contributed by atoms with van der Waals surface area (Å²) in [5.41, 5.74) is 6.00. The van der Waals surface area contributed by atoms with Crippen LogP contribution in [0, 0.1) is 0 Å². The highest BCUT2D eigenvalue weighted by Gasteiger charge is 2.38. The second kappa shape index (κ2) is 14.8. The Bertz CT molecular complexity index is 1810. The summed E-state index contributed by atoms with van der Waals surface area (Å²) in [7, 11) is 1.60. The topological polar surface area (TPSA) is 115 Å². The van der Waals surface area contributed by atoms with Crippen molar-refractivity contribution in [3.8, 4) is 22.5 Å². The third-order valence-electron chi connectivity index (χ3n) is 8.05. The van der Waals surface area contributed by atoms with Crippen molar-refractivity contribution in [2.45, 2.75) is 45.8 Å². The number of amides is 2. The molecule has 6 rings (SSSR count). The largest absolute Gasteiger partial charge is 0.362 e. The summed E-state index contributed by atoms with van der Waals surface area (Å²) in [5, 5.41) is 16.8. The molecule has 0 aliphatic carbocycles. The third kappa shape index (κ3) is 7.06. The molecular weight excluding hydrogens is 594 g/mol. The molecule has 2 amide bonds. The maximum Gasteiger partial charge on any atom is 0.258 e. The highest BCUT2D eigenvalue weighted by atomic mass is 16.7. The number of para-hydroxylation sites is 1. The maximum absolute atomic E-state index is 13.9. The number of methoxy groups -OCH3 is 1. The SMILES string of the molecule is CCCC1N(Cc2ccc(-c3ccccc3-c3nnnn3COC)cc2)C(=O)c2ccccc2N1OCC(=O)NCc1ccccc1. The minimum absolute atomic E-state index is 0.0770. The molecule has 1 unspecified atom stereocenters. The molecule has 2 heterocycles. The van der Waals surface area contributed by atoms with E-state index in [1.54, 1.807) is 22.9 Å². The molecule has 0 bridgehead atoms. The molecule has 1 aliphatic rings. The second-order valence-corrected chi connectivity index (χ2v) is 11.2. The van der Waals surface area contributed by atoms with E-state index in [0.29, 0.717) is 36.6 Å². The van der Waals surface area contributed by atoms with Crippen LogP contribution in [0.4, 0.5) is 5.69 Å². The van der Waals surface area contributed by atoms with Gasteiger partial charge in [0.05, 0.1) is 11.3 Å². The van der Waals surface area contributed by atoms with E-state index in [1.165, 1.54) is 0 Å². The lowest BCUT2D eigenvalue weighted by Crippen LogP contribution is -2.55. The minimum Gasteiger partial charge on any atom is -0.362 e. The summed E-state index contributed by atoms with van der Waals surface area (Å²) in [6.45, 7) is 2.91. The van der Waals surface area contributed by atoms with E-state index in [-0.39, 0.29) is 25.2 Å². The molecule has 0 saturated heterocycles. The summed E-state index contributed by atoms with van der Waals surface area (Å²) in [4.78, 5) is 34.8. The van der Waals surface area contributed by atoms with Crippen molar-refractivity contribution in [2.24, 2.45) is 0 Å². The fourth-order valence-electron chi connectivity index (χ4n) is 5.79. The van der Waals surface area contributed by atoms with Gasteiger partial charge in [-0.15, -0.1) is 5.10 Å². The number of aromatic nitrogens is 4. The first-order valence-electron chi connectivity index (χ1n) is 15.6. The van der Waals surface area contributed by atoms with Gasteiger partial charge >= 0.3 is 0 Å². The highest BCUT2D eigenvalue weighted by molar-refractivity contribution is 6.01. The standard InChI is InChI=1S/C36H37N7O4/c1-3-11-34-41(23-27-18-20-28(21-19-27)29-14-7-8-15-30(29)35-38-39-40-42(35)25-46-2)36(45)31-16-9-10-17-32(31)43(34)47-24-33(44)37-22-26-12-5-4-6-13-26/h4-10,12-21,34H,3,11,22-25H2,1-2H3,(H,37,44). The van der Waals surface area contributed by atoms with Crippen LogP contribution in [0.1, 0.15) is 41.3 Å². The van der Waals surface area contributed by atoms with Gasteiger partial charge in [0.2, 0.25) is 5.91 Å². The number of ether oxygens (including phenoxy) is 1. The summed E-state index contributed by atoms with van der Waals surface area (Å²) in [6.07, 6.45) is 1.08. The number of benzene rings is 4. The van der Waals surface area contributed by atoms with Crippen LogP contribution in [-0.4, -0.2) is 56.8 Å². The summed E-state index contributed by atoms with van der Waals surface area (Å²) >= 11 is 0. The number of carbonyl (C=O) groups excluding carboxylic acids is 2. The van der Waals surface area contributed by atoms with E-state index in [2.05, 4.69) is 27.8 Å². The average Bonchev–Trinajstić information content (AvgIpc) is 3.58. The Morgan fingerprint density at radius 1 is 0.851 bits per heavy atom. The van der Waals surface area contributed by atoms with Gasteiger partial charge in [0.25, 0.3) is 5.91 Å². The predicted molar refractivity (Wildman–Crippen MR) is 177 cm³/mol. The lowest BCUT2D eigenvalue weighted by atomic mass is 9.97. The Morgan fingerprint density at radius 3 is 2.30 bits per heavy atom. The molecular formula is C36H37N7O4. The highest BCUT2D eigenvalue weighted by Crippen LogP contribution is 2.35. The number of carbonyl (C=O) groups is 2. The Kier molecular flexibility index (Phi) is 9.95. The fourth-order valence-corrected chi connectivity index (χ4v) is 5.79. The first-order chi connectivity index (χ1) is 23.1. The van der Waals surface area contributed by atoms with Gasteiger partial charge in [0.15, 0.2) is 12.4 Å². The summed E-state index contributed by atoms with van der Waals surface area (Å²) < 4.78 is 6.87. The van der Waals surface area contributed by atoms with Crippen LogP contribution in [0.25, 0.3) is 22.5 Å². The molecule has 0 saturated carbocycles. The van der Waals surface area contributed by atoms with Crippen LogP contribution in [-0.2, 0) is 34.2 Å². The Balaban J connectivity index is 1.22. The number of hydrogen-bond acceptors (Lipinski definition) is 8. The minimum atomic E-state index is -0.399. The molecule has 1 aliphatic heterocycles. The molecule has 1 aromatic heterocycles. The van der Waals surface area contributed by atoms with E-state index in [0.717, 1.165) is 34.2 Å². The van der Waals surface area contributed by atoms with Crippen molar-refractivity contribution in [2.75, 3.05) is 18.8 Å². The van der Waals surface area contributed by atoms with Gasteiger partial charge in [-0.25, -0.2) is 5.06 Å². The number of anilines is 1. The normalized spacial score (nSPS) is 14.3. The number of nitrogens with one attached hydrogen (secondary N) is 1. The smallest absolute Gasteiger partial charge is 0.258 e. The Labute approximate surface area is 273 Å². The first-order valence-corrected chi connectivity index (χ1v) is 15.6. The predicted octanol–water partition coefficient (Wildman–Crippen LogP) is 5.45.